The fourth-order valence-electron chi connectivity index (χ4n) is 2.50. The Morgan fingerprint density at radius 1 is 1.00 bits per heavy atom. The second-order valence-electron chi connectivity index (χ2n) is 6.78. The minimum Gasteiger partial charge on any atom is -0.497 e. The summed E-state index contributed by atoms with van der Waals surface area (Å²) in [5.41, 5.74) is 1.26. The van der Waals surface area contributed by atoms with Gasteiger partial charge >= 0.3 is 0 Å². The minimum absolute atomic E-state index is 0.0213. The lowest BCUT2D eigenvalue weighted by atomic mass is 10.1. The largest absolute Gasteiger partial charge is 0.497 e. The molecule has 0 saturated heterocycles. The number of Topliss-reactive ketones (excluding diaryl/α,β-unsaturated/α-hetero) is 1. The minimum atomic E-state index is -0.0491. The van der Waals surface area contributed by atoms with E-state index < -0.39 is 0 Å². The molecule has 29 heavy (non-hydrogen) atoms. The van der Waals surface area contributed by atoms with Crippen molar-refractivity contribution in [2.75, 3.05) is 12.9 Å². The predicted molar refractivity (Wildman–Crippen MR) is 126 cm³/mol. The van der Waals surface area contributed by atoms with Crippen LogP contribution in [0, 0.1) is 5.92 Å². The molecule has 2 aromatic rings. The Balaban J connectivity index is 1.84. The van der Waals surface area contributed by atoms with Crippen molar-refractivity contribution < 1.29 is 14.3 Å². The average molecular weight is 443 g/mol. The van der Waals surface area contributed by atoms with Crippen LogP contribution >= 0.6 is 35.3 Å². The monoisotopic (exact) mass is 442 g/mol. The molecule has 0 bridgehead atoms. The Morgan fingerprint density at radius 3 is 2.31 bits per heavy atom. The van der Waals surface area contributed by atoms with E-state index in [2.05, 4.69) is 13.8 Å². The van der Waals surface area contributed by atoms with Gasteiger partial charge in [-0.05, 0) is 30.2 Å². The normalized spacial score (nSPS) is 15.2. The molecule has 0 aromatic heterocycles. The number of allylic oxidation sites excluding steroid dienone is 2. The smallest absolute Gasteiger partial charge is 0.201 e. The van der Waals surface area contributed by atoms with Gasteiger partial charge in [0.2, 0.25) is 5.78 Å². The molecule has 0 amide bonds. The number of hydrogen-bond acceptors (Lipinski definition) is 6. The summed E-state index contributed by atoms with van der Waals surface area (Å²) in [5.74, 6) is 2.07. The standard InChI is InChI=1S/C23H22O3S3/c1-15(2)14-27-23-22(21(25)17-9-11-18(26-3)12-10-17)28-20(29-23)13-19(24)16-7-5-4-6-8-16/h4-13,15H,14H2,1-3H3/b20-13-. The molecular weight excluding hydrogens is 420 g/mol. The third-order valence-electron chi connectivity index (χ3n) is 3.99. The Bertz CT molecular complexity index is 945. The van der Waals surface area contributed by atoms with E-state index in [-0.39, 0.29) is 11.6 Å². The molecule has 3 nitrogen and oxygen atoms in total. The zero-order chi connectivity index (χ0) is 20.8. The number of rotatable bonds is 8. The zero-order valence-electron chi connectivity index (χ0n) is 16.5. The molecule has 2 aromatic carbocycles. The maximum atomic E-state index is 13.1. The number of carbonyl (C=O) groups excluding carboxylic acids is 2. The first kappa shape index (κ1) is 21.8. The van der Waals surface area contributed by atoms with Crippen molar-refractivity contribution in [1.82, 2.24) is 0 Å². The number of methoxy groups -OCH3 is 1. The molecule has 0 spiro atoms. The van der Waals surface area contributed by atoms with Crippen LogP contribution in [0.4, 0.5) is 0 Å². The Kier molecular flexibility index (Phi) is 7.70. The van der Waals surface area contributed by atoms with E-state index >= 15 is 0 Å². The molecule has 150 valence electrons. The van der Waals surface area contributed by atoms with Crippen molar-refractivity contribution in [1.29, 1.82) is 0 Å². The molecule has 6 heteroatoms. The predicted octanol–water partition coefficient (Wildman–Crippen LogP) is 6.64. The SMILES string of the molecule is COc1ccc(C(=O)C2=C(SCC(C)C)S/C(=C\C(=O)c3ccccc3)S2)cc1. The first-order valence-corrected chi connectivity index (χ1v) is 11.8. The lowest BCUT2D eigenvalue weighted by molar-refractivity contribution is 0.103. The van der Waals surface area contributed by atoms with Gasteiger partial charge in [-0.1, -0.05) is 67.7 Å². The van der Waals surface area contributed by atoms with Crippen LogP contribution in [-0.2, 0) is 0 Å². The summed E-state index contributed by atoms with van der Waals surface area (Å²) < 4.78 is 6.98. The highest BCUT2D eigenvalue weighted by Crippen LogP contribution is 2.54. The maximum Gasteiger partial charge on any atom is 0.201 e. The molecule has 1 heterocycles. The summed E-state index contributed by atoms with van der Waals surface area (Å²) >= 11 is 4.58. The van der Waals surface area contributed by atoms with Crippen LogP contribution < -0.4 is 4.74 Å². The van der Waals surface area contributed by atoms with Crippen LogP contribution in [0.2, 0.25) is 0 Å². The molecule has 1 aliphatic rings. The lowest BCUT2D eigenvalue weighted by Crippen LogP contribution is -2.01. The van der Waals surface area contributed by atoms with Crippen molar-refractivity contribution in [3.05, 3.63) is 85.2 Å². The first-order valence-electron chi connectivity index (χ1n) is 9.20. The van der Waals surface area contributed by atoms with Crippen molar-refractivity contribution in [3.8, 4) is 5.75 Å². The quantitative estimate of drug-likeness (QED) is 0.337. The van der Waals surface area contributed by atoms with E-state index in [1.807, 2.05) is 18.2 Å². The van der Waals surface area contributed by atoms with E-state index in [1.165, 1.54) is 23.5 Å². The van der Waals surface area contributed by atoms with Gasteiger partial charge in [0.1, 0.15) is 5.75 Å². The molecule has 0 radical (unpaired) electrons. The van der Waals surface area contributed by atoms with Crippen LogP contribution in [0.1, 0.15) is 34.6 Å². The Labute approximate surface area is 184 Å². The maximum absolute atomic E-state index is 13.1. The summed E-state index contributed by atoms with van der Waals surface area (Å²) in [7, 11) is 1.60. The van der Waals surface area contributed by atoms with Crippen molar-refractivity contribution in [2.24, 2.45) is 5.92 Å². The number of carbonyl (C=O) groups is 2. The highest BCUT2D eigenvalue weighted by atomic mass is 32.2. The Hall–Kier alpha value is -1.89. The lowest BCUT2D eigenvalue weighted by Gasteiger charge is -2.07. The third kappa shape index (κ3) is 5.81. The van der Waals surface area contributed by atoms with Gasteiger partial charge in [0.25, 0.3) is 0 Å². The number of benzene rings is 2. The summed E-state index contributed by atoms with van der Waals surface area (Å²) in [6.07, 6.45) is 1.63. The van der Waals surface area contributed by atoms with Crippen molar-refractivity contribution in [3.63, 3.8) is 0 Å². The van der Waals surface area contributed by atoms with E-state index in [9.17, 15) is 9.59 Å². The van der Waals surface area contributed by atoms with Crippen LogP contribution in [0.25, 0.3) is 0 Å². The van der Waals surface area contributed by atoms with E-state index in [0.29, 0.717) is 27.7 Å². The van der Waals surface area contributed by atoms with Gasteiger partial charge in [0.05, 0.1) is 20.5 Å². The van der Waals surface area contributed by atoms with Gasteiger partial charge in [0, 0.05) is 23.0 Å². The fraction of sp³-hybridized carbons (Fsp3) is 0.217. The third-order valence-corrected chi connectivity index (χ3v) is 8.28. The number of ketones is 2. The van der Waals surface area contributed by atoms with Crippen LogP contribution in [-0.4, -0.2) is 24.4 Å². The highest BCUT2D eigenvalue weighted by Gasteiger charge is 2.28. The highest BCUT2D eigenvalue weighted by molar-refractivity contribution is 8.36. The fourth-order valence-corrected chi connectivity index (χ4v) is 6.49. The van der Waals surface area contributed by atoms with Gasteiger partial charge in [-0.3, -0.25) is 9.59 Å². The number of hydrogen-bond donors (Lipinski definition) is 0. The summed E-state index contributed by atoms with van der Waals surface area (Å²) in [6.45, 7) is 4.31. The second-order valence-corrected chi connectivity index (χ2v) is 10.4. The van der Waals surface area contributed by atoms with E-state index in [0.717, 1.165) is 14.2 Å². The molecule has 0 N–H and O–H groups in total. The van der Waals surface area contributed by atoms with Crippen LogP contribution in [0.5, 0.6) is 5.75 Å². The van der Waals surface area contributed by atoms with Gasteiger partial charge < -0.3 is 4.74 Å². The first-order chi connectivity index (χ1) is 14.0. The molecule has 0 saturated carbocycles. The second kappa shape index (κ2) is 10.2. The van der Waals surface area contributed by atoms with Gasteiger partial charge in [-0.25, -0.2) is 0 Å². The molecular formula is C23H22O3S3. The van der Waals surface area contributed by atoms with Gasteiger partial charge in [-0.15, -0.1) is 11.8 Å². The number of thioether (sulfide) groups is 3. The summed E-state index contributed by atoms with van der Waals surface area (Å²) in [5, 5.41) is 0. The van der Waals surface area contributed by atoms with Gasteiger partial charge in [0.15, 0.2) is 5.78 Å². The molecule has 0 unspecified atom stereocenters. The van der Waals surface area contributed by atoms with Crippen LogP contribution in [0.3, 0.4) is 0 Å². The molecule has 0 aliphatic carbocycles. The number of ether oxygens (including phenoxy) is 1. The summed E-state index contributed by atoms with van der Waals surface area (Å²) in [6, 6.07) is 16.3. The average Bonchev–Trinajstić information content (AvgIpc) is 3.15. The molecule has 0 fully saturated rings. The molecule has 1 aliphatic heterocycles. The van der Waals surface area contributed by atoms with Crippen molar-refractivity contribution >= 4 is 46.9 Å². The van der Waals surface area contributed by atoms with Crippen molar-refractivity contribution in [2.45, 2.75) is 13.8 Å². The van der Waals surface area contributed by atoms with Crippen LogP contribution in [0.15, 0.2) is 74.1 Å². The van der Waals surface area contributed by atoms with E-state index in [1.54, 1.807) is 61.3 Å². The summed E-state index contributed by atoms with van der Waals surface area (Å²) in [4.78, 5) is 26.4. The Morgan fingerprint density at radius 2 is 1.69 bits per heavy atom. The topological polar surface area (TPSA) is 43.4 Å². The van der Waals surface area contributed by atoms with E-state index in [4.69, 9.17) is 4.74 Å². The molecule has 3 rings (SSSR count). The zero-order valence-corrected chi connectivity index (χ0v) is 19.0. The molecule has 0 atom stereocenters. The van der Waals surface area contributed by atoms with Gasteiger partial charge in [-0.2, -0.15) is 0 Å².